The highest BCUT2D eigenvalue weighted by atomic mass is 16.5. The summed E-state index contributed by atoms with van der Waals surface area (Å²) < 4.78 is 10.0. The molecule has 0 fully saturated rings. The Morgan fingerprint density at radius 3 is 2.53 bits per heavy atom. The van der Waals surface area contributed by atoms with Crippen molar-refractivity contribution in [1.82, 2.24) is 0 Å². The first-order valence-corrected chi connectivity index (χ1v) is 6.44. The van der Waals surface area contributed by atoms with Crippen LogP contribution in [-0.2, 0) is 9.47 Å². The van der Waals surface area contributed by atoms with Crippen molar-refractivity contribution in [3.63, 3.8) is 0 Å². The van der Waals surface area contributed by atoms with Gasteiger partial charge >= 0.3 is 5.97 Å². The molecule has 1 rings (SSSR count). The molecule has 0 aliphatic rings. The van der Waals surface area contributed by atoms with Crippen LogP contribution < -0.4 is 5.32 Å². The molecule has 0 heterocycles. The number of rotatable bonds is 6. The van der Waals surface area contributed by atoms with Gasteiger partial charge in [0.15, 0.2) is 0 Å². The molecule has 4 heteroatoms. The van der Waals surface area contributed by atoms with Crippen molar-refractivity contribution in [1.29, 1.82) is 0 Å². The first-order chi connectivity index (χ1) is 8.99. The molecule has 0 saturated heterocycles. The van der Waals surface area contributed by atoms with E-state index < -0.39 is 0 Å². The normalized spacial score (nSPS) is 12.3. The molecule has 106 valence electrons. The maximum absolute atomic E-state index is 11.8. The van der Waals surface area contributed by atoms with Crippen LogP contribution in [0.4, 0.5) is 5.69 Å². The van der Waals surface area contributed by atoms with Gasteiger partial charge in [0.1, 0.15) is 0 Å². The molecule has 1 N–H and O–H groups in total. The molecule has 0 spiro atoms. The Bertz CT molecular complexity index is 429. The lowest BCUT2D eigenvalue weighted by atomic mass is 10.0. The van der Waals surface area contributed by atoms with Crippen molar-refractivity contribution >= 4 is 11.7 Å². The van der Waals surface area contributed by atoms with Gasteiger partial charge in [0.25, 0.3) is 0 Å². The Balaban J connectivity index is 3.01. The number of methoxy groups -OCH3 is 2. The zero-order valence-electron chi connectivity index (χ0n) is 12.3. The monoisotopic (exact) mass is 265 g/mol. The summed E-state index contributed by atoms with van der Waals surface area (Å²) in [6.07, 6.45) is 0. The van der Waals surface area contributed by atoms with Gasteiger partial charge in [-0.1, -0.05) is 25.5 Å². The third-order valence-electron chi connectivity index (χ3n) is 3.07. The largest absolute Gasteiger partial charge is 0.465 e. The van der Waals surface area contributed by atoms with Gasteiger partial charge in [-0.05, 0) is 25.0 Å². The van der Waals surface area contributed by atoms with Crippen LogP contribution >= 0.6 is 0 Å². The van der Waals surface area contributed by atoms with Gasteiger partial charge in [-0.15, -0.1) is 0 Å². The third kappa shape index (κ3) is 4.24. The van der Waals surface area contributed by atoms with Gasteiger partial charge in [0.05, 0.1) is 25.3 Å². The summed E-state index contributed by atoms with van der Waals surface area (Å²) in [5.41, 5.74) is 2.37. The molecule has 4 nitrogen and oxygen atoms in total. The number of hydrogen-bond acceptors (Lipinski definition) is 4. The molecule has 0 saturated carbocycles. The minimum atomic E-state index is -0.328. The minimum absolute atomic E-state index is 0.149. The van der Waals surface area contributed by atoms with Crippen LogP contribution in [0.25, 0.3) is 0 Å². The van der Waals surface area contributed by atoms with E-state index in [1.165, 1.54) is 7.11 Å². The fourth-order valence-electron chi connectivity index (χ4n) is 1.84. The summed E-state index contributed by atoms with van der Waals surface area (Å²) in [7, 11) is 3.07. The molecule has 0 amide bonds. The maximum Gasteiger partial charge on any atom is 0.339 e. The highest BCUT2D eigenvalue weighted by Gasteiger charge is 2.17. The van der Waals surface area contributed by atoms with E-state index in [0.717, 1.165) is 11.3 Å². The van der Waals surface area contributed by atoms with Gasteiger partial charge in [-0.2, -0.15) is 0 Å². The predicted molar refractivity (Wildman–Crippen MR) is 76.6 cm³/mol. The van der Waals surface area contributed by atoms with Crippen molar-refractivity contribution < 1.29 is 14.3 Å². The number of anilines is 1. The van der Waals surface area contributed by atoms with Crippen LogP contribution in [-0.4, -0.2) is 32.8 Å². The van der Waals surface area contributed by atoms with Crippen molar-refractivity contribution in [2.24, 2.45) is 5.92 Å². The minimum Gasteiger partial charge on any atom is -0.465 e. The van der Waals surface area contributed by atoms with Crippen LogP contribution in [0.5, 0.6) is 0 Å². The van der Waals surface area contributed by atoms with Crippen LogP contribution in [0.15, 0.2) is 18.2 Å². The average molecular weight is 265 g/mol. The lowest BCUT2D eigenvalue weighted by Gasteiger charge is -2.24. The Kier molecular flexibility index (Phi) is 5.83. The van der Waals surface area contributed by atoms with E-state index in [-0.39, 0.29) is 12.0 Å². The van der Waals surface area contributed by atoms with Crippen molar-refractivity contribution in [2.45, 2.75) is 26.8 Å². The smallest absolute Gasteiger partial charge is 0.339 e. The molecule has 1 aromatic rings. The third-order valence-corrected chi connectivity index (χ3v) is 3.07. The van der Waals surface area contributed by atoms with E-state index in [4.69, 9.17) is 9.47 Å². The number of carbonyl (C=O) groups is 1. The molecule has 1 atom stereocenters. The number of carbonyl (C=O) groups excluding carboxylic acids is 1. The molecule has 0 bridgehead atoms. The molecule has 1 unspecified atom stereocenters. The summed E-state index contributed by atoms with van der Waals surface area (Å²) >= 11 is 0. The van der Waals surface area contributed by atoms with Crippen LogP contribution in [0.3, 0.4) is 0 Å². The standard InChI is InChI=1S/C15H23NO3/c1-10(2)14(9-18-4)16-13-7-6-11(3)8-12(13)15(17)19-5/h6-8,10,14,16H,9H2,1-5H3. The second-order valence-corrected chi connectivity index (χ2v) is 4.99. The van der Waals surface area contributed by atoms with E-state index in [1.807, 2.05) is 25.1 Å². The molecule has 0 aliphatic carbocycles. The molecular formula is C15H23NO3. The molecular weight excluding hydrogens is 242 g/mol. The van der Waals surface area contributed by atoms with Crippen LogP contribution in [0, 0.1) is 12.8 Å². The maximum atomic E-state index is 11.8. The number of aryl methyl sites for hydroxylation is 1. The molecule has 19 heavy (non-hydrogen) atoms. The fourth-order valence-corrected chi connectivity index (χ4v) is 1.84. The van der Waals surface area contributed by atoms with E-state index in [2.05, 4.69) is 19.2 Å². The first kappa shape index (κ1) is 15.5. The van der Waals surface area contributed by atoms with Gasteiger partial charge in [-0.3, -0.25) is 0 Å². The van der Waals surface area contributed by atoms with Crippen LogP contribution in [0.2, 0.25) is 0 Å². The number of benzene rings is 1. The number of nitrogens with one attached hydrogen (secondary N) is 1. The zero-order chi connectivity index (χ0) is 14.4. The highest BCUT2D eigenvalue weighted by Crippen LogP contribution is 2.21. The summed E-state index contributed by atoms with van der Waals surface area (Å²) in [6.45, 7) is 6.77. The second kappa shape index (κ2) is 7.14. The zero-order valence-corrected chi connectivity index (χ0v) is 12.3. The van der Waals surface area contributed by atoms with Crippen molar-refractivity contribution in [3.8, 4) is 0 Å². The van der Waals surface area contributed by atoms with Crippen LogP contribution in [0.1, 0.15) is 29.8 Å². The molecule has 0 radical (unpaired) electrons. The predicted octanol–water partition coefficient (Wildman–Crippen LogP) is 2.86. The molecule has 0 aliphatic heterocycles. The number of esters is 1. The van der Waals surface area contributed by atoms with Gasteiger partial charge in [-0.25, -0.2) is 4.79 Å². The quantitative estimate of drug-likeness (QED) is 0.803. The second-order valence-electron chi connectivity index (χ2n) is 4.99. The molecule has 1 aromatic carbocycles. The van der Waals surface area contributed by atoms with Gasteiger partial charge < -0.3 is 14.8 Å². The fraction of sp³-hybridized carbons (Fsp3) is 0.533. The topological polar surface area (TPSA) is 47.6 Å². The summed E-state index contributed by atoms with van der Waals surface area (Å²) in [5, 5.41) is 3.36. The molecule has 0 aromatic heterocycles. The van der Waals surface area contributed by atoms with Crippen molar-refractivity contribution in [3.05, 3.63) is 29.3 Å². The van der Waals surface area contributed by atoms with E-state index in [9.17, 15) is 4.79 Å². The van der Waals surface area contributed by atoms with Gasteiger partial charge in [0, 0.05) is 12.8 Å². The SMILES string of the molecule is COCC(Nc1ccc(C)cc1C(=O)OC)C(C)C. The Labute approximate surface area is 115 Å². The van der Waals surface area contributed by atoms with Gasteiger partial charge in [0.2, 0.25) is 0 Å². The lowest BCUT2D eigenvalue weighted by molar-refractivity contribution is 0.0601. The van der Waals surface area contributed by atoms with E-state index in [1.54, 1.807) is 7.11 Å². The highest BCUT2D eigenvalue weighted by molar-refractivity contribution is 5.95. The number of ether oxygens (including phenoxy) is 2. The summed E-state index contributed by atoms with van der Waals surface area (Å²) in [6, 6.07) is 5.86. The average Bonchev–Trinajstić information content (AvgIpc) is 2.38. The van der Waals surface area contributed by atoms with E-state index >= 15 is 0 Å². The van der Waals surface area contributed by atoms with Crippen molar-refractivity contribution in [2.75, 3.05) is 26.1 Å². The Hall–Kier alpha value is -1.55. The summed E-state index contributed by atoms with van der Waals surface area (Å²) in [4.78, 5) is 11.8. The Morgan fingerprint density at radius 2 is 2.00 bits per heavy atom. The van der Waals surface area contributed by atoms with E-state index in [0.29, 0.717) is 18.1 Å². The lowest BCUT2D eigenvalue weighted by Crippen LogP contribution is -2.31. The summed E-state index contributed by atoms with van der Waals surface area (Å²) in [5.74, 6) is 0.0675. The first-order valence-electron chi connectivity index (χ1n) is 6.44. The number of hydrogen-bond donors (Lipinski definition) is 1. The Morgan fingerprint density at radius 1 is 1.32 bits per heavy atom.